The molecular weight excluding hydrogens is 202 g/mol. The van der Waals surface area contributed by atoms with Gasteiger partial charge in [0.05, 0.1) is 18.1 Å². The van der Waals surface area contributed by atoms with Crippen molar-refractivity contribution >= 4 is 6.29 Å². The molecule has 0 amide bonds. The highest BCUT2D eigenvalue weighted by atomic mass is 16.7. The zero-order valence-electron chi connectivity index (χ0n) is 9.88. The van der Waals surface area contributed by atoms with Gasteiger partial charge in [-0.1, -0.05) is 29.8 Å². The second-order valence-electron chi connectivity index (χ2n) is 4.43. The molecule has 0 N–H and O–H groups in total. The van der Waals surface area contributed by atoms with Crippen molar-refractivity contribution in [3.63, 3.8) is 0 Å². The Morgan fingerprint density at radius 2 is 1.94 bits per heavy atom. The Bertz CT molecular complexity index is 374. The highest BCUT2D eigenvalue weighted by Gasteiger charge is 2.39. The van der Waals surface area contributed by atoms with E-state index in [4.69, 9.17) is 4.84 Å². The first-order chi connectivity index (χ1) is 7.63. The highest BCUT2D eigenvalue weighted by molar-refractivity contribution is 5.57. The number of aryl methyl sites for hydroxylation is 1. The number of rotatable bonds is 2. The third-order valence-electron chi connectivity index (χ3n) is 3.21. The van der Waals surface area contributed by atoms with Gasteiger partial charge in [-0.15, -0.1) is 0 Å². The Morgan fingerprint density at radius 3 is 2.50 bits per heavy atom. The van der Waals surface area contributed by atoms with Crippen molar-refractivity contribution in [1.82, 2.24) is 5.06 Å². The topological polar surface area (TPSA) is 29.5 Å². The zero-order valence-corrected chi connectivity index (χ0v) is 9.88. The molecule has 3 atom stereocenters. The maximum absolute atomic E-state index is 11.1. The van der Waals surface area contributed by atoms with Crippen LogP contribution in [0, 0.1) is 12.8 Å². The van der Waals surface area contributed by atoms with E-state index in [1.165, 1.54) is 5.56 Å². The number of aldehydes is 1. The van der Waals surface area contributed by atoms with E-state index in [1.54, 1.807) is 5.06 Å². The molecule has 1 fully saturated rings. The van der Waals surface area contributed by atoms with Crippen molar-refractivity contribution in [1.29, 1.82) is 0 Å². The van der Waals surface area contributed by atoms with Gasteiger partial charge in [-0.05, 0) is 19.4 Å². The van der Waals surface area contributed by atoms with Crippen LogP contribution in [-0.4, -0.2) is 24.5 Å². The average molecular weight is 219 g/mol. The zero-order chi connectivity index (χ0) is 11.7. The molecule has 0 unspecified atom stereocenters. The summed E-state index contributed by atoms with van der Waals surface area (Å²) in [6.07, 6.45) is 0.951. The van der Waals surface area contributed by atoms with Crippen LogP contribution in [0.15, 0.2) is 24.3 Å². The maximum atomic E-state index is 11.1. The maximum Gasteiger partial charge on any atom is 0.127 e. The summed E-state index contributed by atoms with van der Waals surface area (Å²) in [7, 11) is 1.88. The summed E-state index contributed by atoms with van der Waals surface area (Å²) in [5.74, 6) is -0.0901. The van der Waals surface area contributed by atoms with Crippen molar-refractivity contribution < 1.29 is 9.63 Å². The fraction of sp³-hybridized carbons (Fsp3) is 0.462. The van der Waals surface area contributed by atoms with Gasteiger partial charge in [-0.2, -0.15) is 5.06 Å². The molecule has 2 rings (SSSR count). The van der Waals surface area contributed by atoms with Gasteiger partial charge in [0.15, 0.2) is 0 Å². The van der Waals surface area contributed by atoms with Crippen molar-refractivity contribution in [2.45, 2.75) is 26.0 Å². The number of benzene rings is 1. The Morgan fingerprint density at radius 1 is 1.31 bits per heavy atom. The van der Waals surface area contributed by atoms with Crippen LogP contribution in [0.25, 0.3) is 0 Å². The van der Waals surface area contributed by atoms with E-state index >= 15 is 0 Å². The molecular formula is C13H17NO2. The van der Waals surface area contributed by atoms with Gasteiger partial charge in [0.2, 0.25) is 0 Å². The minimum Gasteiger partial charge on any atom is -0.303 e. The molecule has 1 saturated heterocycles. The van der Waals surface area contributed by atoms with Gasteiger partial charge in [0, 0.05) is 7.05 Å². The minimum atomic E-state index is -0.0901. The lowest BCUT2D eigenvalue weighted by molar-refractivity contribution is -0.139. The van der Waals surface area contributed by atoms with Crippen LogP contribution in [0.4, 0.5) is 0 Å². The average Bonchev–Trinajstić information content (AvgIpc) is 2.54. The largest absolute Gasteiger partial charge is 0.303 e. The molecule has 0 spiro atoms. The molecule has 0 aromatic heterocycles. The second kappa shape index (κ2) is 4.36. The van der Waals surface area contributed by atoms with Crippen molar-refractivity contribution in [3.8, 4) is 0 Å². The summed E-state index contributed by atoms with van der Waals surface area (Å²) >= 11 is 0. The third kappa shape index (κ3) is 1.88. The van der Waals surface area contributed by atoms with Gasteiger partial charge in [-0.3, -0.25) is 4.84 Å². The summed E-state index contributed by atoms with van der Waals surface area (Å²) in [4.78, 5) is 16.7. The first kappa shape index (κ1) is 11.3. The van der Waals surface area contributed by atoms with Crippen molar-refractivity contribution in [3.05, 3.63) is 35.4 Å². The number of carbonyl (C=O) groups excluding carboxylic acids is 1. The fourth-order valence-electron chi connectivity index (χ4n) is 2.28. The molecule has 1 heterocycles. The molecule has 0 saturated carbocycles. The van der Waals surface area contributed by atoms with Crippen LogP contribution in [0.2, 0.25) is 0 Å². The Balaban J connectivity index is 2.31. The quantitative estimate of drug-likeness (QED) is 0.713. The molecule has 86 valence electrons. The first-order valence-corrected chi connectivity index (χ1v) is 5.55. The van der Waals surface area contributed by atoms with E-state index in [2.05, 4.69) is 31.2 Å². The Hall–Kier alpha value is -1.19. The summed E-state index contributed by atoms with van der Waals surface area (Å²) in [6, 6.07) is 8.29. The number of nitrogens with zero attached hydrogens (tertiary/aromatic N) is 1. The highest BCUT2D eigenvalue weighted by Crippen LogP contribution is 2.36. The van der Waals surface area contributed by atoms with Crippen LogP contribution in [0.3, 0.4) is 0 Å². The molecule has 1 aromatic rings. The van der Waals surface area contributed by atoms with Gasteiger partial charge in [0.25, 0.3) is 0 Å². The molecule has 3 nitrogen and oxygen atoms in total. The number of hydrogen-bond donors (Lipinski definition) is 0. The van der Waals surface area contributed by atoms with Gasteiger partial charge < -0.3 is 4.79 Å². The van der Waals surface area contributed by atoms with Crippen LogP contribution in [0.5, 0.6) is 0 Å². The molecule has 16 heavy (non-hydrogen) atoms. The summed E-state index contributed by atoms with van der Waals surface area (Å²) in [6.45, 7) is 3.99. The van der Waals surface area contributed by atoms with E-state index in [0.717, 1.165) is 11.8 Å². The van der Waals surface area contributed by atoms with Crippen LogP contribution >= 0.6 is 0 Å². The van der Waals surface area contributed by atoms with Crippen LogP contribution in [-0.2, 0) is 9.63 Å². The Kier molecular flexibility index (Phi) is 3.08. The fourth-order valence-corrected chi connectivity index (χ4v) is 2.28. The molecule has 1 aliphatic rings. The van der Waals surface area contributed by atoms with E-state index in [-0.39, 0.29) is 18.1 Å². The summed E-state index contributed by atoms with van der Waals surface area (Å²) in [5, 5.41) is 1.79. The van der Waals surface area contributed by atoms with Gasteiger partial charge in [-0.25, -0.2) is 0 Å². The molecule has 0 bridgehead atoms. The number of carbonyl (C=O) groups is 1. The van der Waals surface area contributed by atoms with Gasteiger partial charge in [0.1, 0.15) is 6.29 Å². The molecule has 0 radical (unpaired) electrons. The van der Waals surface area contributed by atoms with Crippen LogP contribution < -0.4 is 0 Å². The molecule has 3 heteroatoms. The lowest BCUT2D eigenvalue weighted by Gasteiger charge is -2.20. The first-order valence-electron chi connectivity index (χ1n) is 5.55. The van der Waals surface area contributed by atoms with E-state index in [1.807, 2.05) is 14.0 Å². The third-order valence-corrected chi connectivity index (χ3v) is 3.21. The van der Waals surface area contributed by atoms with Crippen molar-refractivity contribution in [2.24, 2.45) is 5.92 Å². The SMILES string of the molecule is Cc1ccc([C@H]2[C@H](C=O)[C@@H](C)ON2C)cc1. The normalized spacial score (nSPS) is 30.6. The van der Waals surface area contributed by atoms with E-state index < -0.39 is 0 Å². The van der Waals surface area contributed by atoms with Crippen molar-refractivity contribution in [2.75, 3.05) is 7.05 Å². The minimum absolute atomic E-state index is 0.0353. The molecule has 0 aliphatic carbocycles. The second-order valence-corrected chi connectivity index (χ2v) is 4.43. The number of hydrogen-bond acceptors (Lipinski definition) is 3. The smallest absolute Gasteiger partial charge is 0.127 e. The van der Waals surface area contributed by atoms with Crippen LogP contribution in [0.1, 0.15) is 24.1 Å². The number of hydroxylamine groups is 2. The van der Waals surface area contributed by atoms with E-state index in [0.29, 0.717) is 0 Å². The lowest BCUT2D eigenvalue weighted by Crippen LogP contribution is -2.21. The van der Waals surface area contributed by atoms with E-state index in [9.17, 15) is 4.79 Å². The lowest BCUT2D eigenvalue weighted by atomic mass is 9.91. The predicted octanol–water partition coefficient (Wildman–Crippen LogP) is 2.12. The summed E-state index contributed by atoms with van der Waals surface area (Å²) in [5.41, 5.74) is 2.36. The molecule has 1 aromatic carbocycles. The standard InChI is InChI=1S/C13H17NO2/c1-9-4-6-11(7-5-9)13-12(8-15)10(2)16-14(13)3/h4-8,10,12-13H,1-3H3/t10-,12-,13+/m1/s1. The van der Waals surface area contributed by atoms with Gasteiger partial charge >= 0.3 is 0 Å². The summed E-state index contributed by atoms with van der Waals surface area (Å²) < 4.78 is 0. The predicted molar refractivity (Wildman–Crippen MR) is 61.8 cm³/mol. The monoisotopic (exact) mass is 219 g/mol. The molecule has 1 aliphatic heterocycles. The Labute approximate surface area is 96.0 Å².